The fourth-order valence-corrected chi connectivity index (χ4v) is 1.05. The number of methoxy groups -OCH3 is 2. The molecule has 17 heavy (non-hydrogen) atoms. The van der Waals surface area contributed by atoms with Gasteiger partial charge < -0.3 is 9.47 Å². The predicted molar refractivity (Wildman–Crippen MR) is 61.1 cm³/mol. The second-order valence-electron chi connectivity index (χ2n) is 4.57. The number of ketones is 1. The quantitative estimate of drug-likeness (QED) is 0.781. The minimum Gasteiger partial charge on any atom is -0.467 e. The van der Waals surface area contributed by atoms with E-state index >= 15 is 0 Å². The van der Waals surface area contributed by atoms with Gasteiger partial charge in [-0.2, -0.15) is 9.97 Å². The van der Waals surface area contributed by atoms with Crippen molar-refractivity contribution in [2.24, 2.45) is 5.41 Å². The summed E-state index contributed by atoms with van der Waals surface area (Å²) in [5.41, 5.74) is -0.424. The van der Waals surface area contributed by atoms with E-state index in [1.54, 1.807) is 0 Å². The van der Waals surface area contributed by atoms with Crippen LogP contribution in [0.15, 0.2) is 0 Å². The van der Waals surface area contributed by atoms with E-state index in [0.717, 1.165) is 0 Å². The molecule has 0 aliphatic carbocycles. The molecule has 0 bridgehead atoms. The average molecular weight is 239 g/mol. The molecule has 0 saturated carbocycles. The zero-order chi connectivity index (χ0) is 13.1. The Labute approximate surface area is 100 Å². The van der Waals surface area contributed by atoms with Crippen molar-refractivity contribution in [3.63, 3.8) is 0 Å². The van der Waals surface area contributed by atoms with Crippen LogP contribution in [-0.2, 0) is 11.2 Å². The van der Waals surface area contributed by atoms with Gasteiger partial charge >= 0.3 is 12.0 Å². The molecule has 6 heteroatoms. The number of ether oxygens (including phenoxy) is 2. The van der Waals surface area contributed by atoms with Gasteiger partial charge in [-0.1, -0.05) is 20.8 Å². The molecule has 0 aliphatic rings. The molecule has 0 N–H and O–H groups in total. The third kappa shape index (κ3) is 3.65. The summed E-state index contributed by atoms with van der Waals surface area (Å²) in [6.07, 6.45) is 0.138. The molecule has 1 aromatic rings. The summed E-state index contributed by atoms with van der Waals surface area (Å²) in [4.78, 5) is 23.7. The lowest BCUT2D eigenvalue weighted by molar-refractivity contribution is -0.125. The van der Waals surface area contributed by atoms with Crippen LogP contribution in [0.1, 0.15) is 26.6 Å². The van der Waals surface area contributed by atoms with Gasteiger partial charge in [0.1, 0.15) is 11.6 Å². The maximum Gasteiger partial charge on any atom is 0.322 e. The second-order valence-corrected chi connectivity index (χ2v) is 4.57. The van der Waals surface area contributed by atoms with Crippen LogP contribution in [0.4, 0.5) is 0 Å². The lowest BCUT2D eigenvalue weighted by Crippen LogP contribution is -2.23. The summed E-state index contributed by atoms with van der Waals surface area (Å²) in [6.45, 7) is 5.56. The highest BCUT2D eigenvalue weighted by molar-refractivity contribution is 5.85. The monoisotopic (exact) mass is 239 g/mol. The molecule has 0 atom stereocenters. The highest BCUT2D eigenvalue weighted by Crippen LogP contribution is 2.18. The Kier molecular flexibility index (Phi) is 3.98. The largest absolute Gasteiger partial charge is 0.467 e. The molecule has 1 heterocycles. The summed E-state index contributed by atoms with van der Waals surface area (Å²) in [5, 5.41) is 0. The zero-order valence-electron chi connectivity index (χ0n) is 10.8. The first-order valence-corrected chi connectivity index (χ1v) is 5.23. The Hall–Kier alpha value is -1.72. The van der Waals surface area contributed by atoms with Gasteiger partial charge in [-0.05, 0) is 0 Å². The Morgan fingerprint density at radius 3 is 1.88 bits per heavy atom. The Morgan fingerprint density at radius 2 is 1.53 bits per heavy atom. The van der Waals surface area contributed by atoms with Crippen molar-refractivity contribution in [2.45, 2.75) is 27.2 Å². The fraction of sp³-hybridized carbons (Fsp3) is 0.636. The Bertz CT molecular complexity index is 391. The molecule has 1 aromatic heterocycles. The standard InChI is InChI=1S/C11H17N3O3/c1-11(2,3)7(15)6-8-12-9(16-4)14-10(13-8)17-5/h6H2,1-5H3. The summed E-state index contributed by atoms with van der Waals surface area (Å²) in [7, 11) is 2.90. The lowest BCUT2D eigenvalue weighted by Gasteiger charge is -2.15. The van der Waals surface area contributed by atoms with E-state index in [0.29, 0.717) is 5.82 Å². The zero-order valence-corrected chi connectivity index (χ0v) is 10.8. The molecule has 0 radical (unpaired) electrons. The second kappa shape index (κ2) is 5.07. The van der Waals surface area contributed by atoms with Gasteiger partial charge in [0.15, 0.2) is 0 Å². The number of rotatable bonds is 4. The van der Waals surface area contributed by atoms with E-state index in [4.69, 9.17) is 9.47 Å². The maximum atomic E-state index is 11.9. The van der Waals surface area contributed by atoms with Crippen LogP contribution in [0.5, 0.6) is 12.0 Å². The molecule has 0 aliphatic heterocycles. The van der Waals surface area contributed by atoms with Crippen molar-refractivity contribution in [3.05, 3.63) is 5.82 Å². The number of nitrogens with zero attached hydrogens (tertiary/aromatic N) is 3. The smallest absolute Gasteiger partial charge is 0.322 e. The molecular weight excluding hydrogens is 222 g/mol. The van der Waals surface area contributed by atoms with Crippen molar-refractivity contribution < 1.29 is 14.3 Å². The summed E-state index contributed by atoms with van der Waals surface area (Å²) >= 11 is 0. The highest BCUT2D eigenvalue weighted by atomic mass is 16.5. The van der Waals surface area contributed by atoms with Crippen molar-refractivity contribution in [2.75, 3.05) is 14.2 Å². The average Bonchev–Trinajstić information content (AvgIpc) is 2.27. The number of carbonyl (C=O) groups is 1. The number of hydrogen-bond acceptors (Lipinski definition) is 6. The third-order valence-corrected chi connectivity index (χ3v) is 2.16. The summed E-state index contributed by atoms with van der Waals surface area (Å²) in [5.74, 6) is 0.404. The molecule has 0 unspecified atom stereocenters. The topological polar surface area (TPSA) is 74.2 Å². The molecule has 0 fully saturated rings. The van der Waals surface area contributed by atoms with Crippen molar-refractivity contribution >= 4 is 5.78 Å². The normalized spacial score (nSPS) is 11.1. The van der Waals surface area contributed by atoms with Gasteiger partial charge in [0.05, 0.1) is 20.6 Å². The van der Waals surface area contributed by atoms with E-state index in [1.807, 2.05) is 20.8 Å². The van der Waals surface area contributed by atoms with Gasteiger partial charge in [-0.25, -0.2) is 0 Å². The van der Waals surface area contributed by atoms with E-state index in [1.165, 1.54) is 14.2 Å². The summed E-state index contributed by atoms with van der Waals surface area (Å²) < 4.78 is 9.82. The lowest BCUT2D eigenvalue weighted by atomic mass is 9.89. The van der Waals surface area contributed by atoms with Crippen molar-refractivity contribution in [1.29, 1.82) is 0 Å². The van der Waals surface area contributed by atoms with Crippen LogP contribution >= 0.6 is 0 Å². The Morgan fingerprint density at radius 1 is 1.06 bits per heavy atom. The van der Waals surface area contributed by atoms with Crippen LogP contribution < -0.4 is 9.47 Å². The fourth-order valence-electron chi connectivity index (χ4n) is 1.05. The molecule has 1 rings (SSSR count). The molecule has 94 valence electrons. The maximum absolute atomic E-state index is 11.9. The van der Waals surface area contributed by atoms with Crippen LogP contribution in [0.3, 0.4) is 0 Å². The molecule has 0 spiro atoms. The number of aromatic nitrogens is 3. The van der Waals surface area contributed by atoms with Crippen LogP contribution in [0.25, 0.3) is 0 Å². The molecule has 0 aromatic carbocycles. The van der Waals surface area contributed by atoms with Gasteiger partial charge in [0.2, 0.25) is 0 Å². The van der Waals surface area contributed by atoms with Crippen LogP contribution in [-0.4, -0.2) is 35.0 Å². The first-order valence-electron chi connectivity index (χ1n) is 5.23. The van der Waals surface area contributed by atoms with Gasteiger partial charge in [0.25, 0.3) is 0 Å². The van der Waals surface area contributed by atoms with E-state index in [9.17, 15) is 4.79 Å². The highest BCUT2D eigenvalue weighted by Gasteiger charge is 2.23. The van der Waals surface area contributed by atoms with E-state index < -0.39 is 5.41 Å². The molecule has 6 nitrogen and oxygen atoms in total. The minimum absolute atomic E-state index is 0.0489. The summed E-state index contributed by atoms with van der Waals surface area (Å²) in [6, 6.07) is 0.294. The molecule has 0 amide bonds. The van der Waals surface area contributed by atoms with E-state index in [-0.39, 0.29) is 24.2 Å². The first-order chi connectivity index (χ1) is 7.86. The SMILES string of the molecule is COc1nc(CC(=O)C(C)(C)C)nc(OC)n1. The van der Waals surface area contributed by atoms with Crippen LogP contribution in [0, 0.1) is 5.41 Å². The third-order valence-electron chi connectivity index (χ3n) is 2.16. The predicted octanol–water partition coefficient (Wildman–Crippen LogP) is 1.05. The first kappa shape index (κ1) is 13.3. The van der Waals surface area contributed by atoms with Gasteiger partial charge in [-0.3, -0.25) is 4.79 Å². The molecule has 0 saturated heterocycles. The van der Waals surface area contributed by atoms with Gasteiger partial charge in [0, 0.05) is 5.41 Å². The van der Waals surface area contributed by atoms with Crippen molar-refractivity contribution in [1.82, 2.24) is 15.0 Å². The number of carbonyl (C=O) groups excluding carboxylic acids is 1. The van der Waals surface area contributed by atoms with Crippen LogP contribution in [0.2, 0.25) is 0 Å². The minimum atomic E-state index is -0.424. The van der Waals surface area contributed by atoms with Crippen molar-refractivity contribution in [3.8, 4) is 12.0 Å². The van der Waals surface area contributed by atoms with Gasteiger partial charge in [-0.15, -0.1) is 4.98 Å². The van der Waals surface area contributed by atoms with E-state index in [2.05, 4.69) is 15.0 Å². The number of Topliss-reactive ketones (excluding diaryl/α,β-unsaturated/α-hetero) is 1. The Balaban J connectivity index is 2.94. The molecular formula is C11H17N3O3. The number of hydrogen-bond donors (Lipinski definition) is 0.